The van der Waals surface area contributed by atoms with E-state index in [1.54, 1.807) is 4.68 Å². The molecule has 2 rings (SSSR count). The van der Waals surface area contributed by atoms with Gasteiger partial charge in [-0.3, -0.25) is 4.79 Å². The number of hydrogen-bond donors (Lipinski definition) is 1. The van der Waals surface area contributed by atoms with E-state index < -0.39 is 0 Å². The molecule has 0 fully saturated rings. The number of benzene rings is 1. The molecule has 19 heavy (non-hydrogen) atoms. The van der Waals surface area contributed by atoms with E-state index in [1.807, 2.05) is 44.2 Å². The summed E-state index contributed by atoms with van der Waals surface area (Å²) in [6, 6.07) is 9.59. The number of tetrazole rings is 1. The van der Waals surface area contributed by atoms with E-state index in [4.69, 9.17) is 0 Å². The van der Waals surface area contributed by atoms with Crippen LogP contribution in [0.4, 0.5) is 0 Å². The van der Waals surface area contributed by atoms with Crippen LogP contribution in [0, 0.1) is 0 Å². The zero-order chi connectivity index (χ0) is 13.7. The van der Waals surface area contributed by atoms with Crippen molar-refractivity contribution in [1.29, 1.82) is 0 Å². The van der Waals surface area contributed by atoms with Gasteiger partial charge in [0, 0.05) is 6.54 Å². The Bertz CT molecular complexity index is 542. The lowest BCUT2D eigenvalue weighted by molar-refractivity contribution is -0.120. The summed E-state index contributed by atoms with van der Waals surface area (Å²) in [7, 11) is 0. The molecule has 1 N–H and O–H groups in total. The van der Waals surface area contributed by atoms with Crippen LogP contribution in [-0.4, -0.2) is 37.9 Å². The highest BCUT2D eigenvalue weighted by molar-refractivity contribution is 8.00. The smallest absolute Gasteiger partial charge is 0.233 e. The number of nitrogens with zero attached hydrogens (tertiary/aromatic N) is 4. The van der Waals surface area contributed by atoms with Crippen molar-refractivity contribution in [1.82, 2.24) is 25.5 Å². The van der Waals surface area contributed by atoms with Crippen molar-refractivity contribution < 1.29 is 4.79 Å². The summed E-state index contributed by atoms with van der Waals surface area (Å²) in [6.07, 6.45) is 0. The number of para-hydroxylation sites is 1. The molecule has 1 unspecified atom stereocenters. The van der Waals surface area contributed by atoms with Crippen LogP contribution in [0.2, 0.25) is 0 Å². The molecule has 6 nitrogen and oxygen atoms in total. The minimum absolute atomic E-state index is 0.0184. The number of rotatable bonds is 5. The molecule has 1 aromatic carbocycles. The molecule has 0 saturated heterocycles. The fraction of sp³-hybridized carbons (Fsp3) is 0.333. The third-order valence-electron chi connectivity index (χ3n) is 2.44. The second kappa shape index (κ2) is 6.33. The minimum atomic E-state index is -0.242. The van der Waals surface area contributed by atoms with E-state index in [9.17, 15) is 4.79 Å². The van der Waals surface area contributed by atoms with Crippen molar-refractivity contribution >= 4 is 17.7 Å². The van der Waals surface area contributed by atoms with Crippen LogP contribution in [0.3, 0.4) is 0 Å². The van der Waals surface area contributed by atoms with Gasteiger partial charge in [-0.2, -0.15) is 4.68 Å². The van der Waals surface area contributed by atoms with Crippen LogP contribution < -0.4 is 5.32 Å². The Hall–Kier alpha value is -1.89. The number of nitrogens with one attached hydrogen (secondary N) is 1. The molecule has 1 atom stereocenters. The summed E-state index contributed by atoms with van der Waals surface area (Å²) < 4.78 is 1.63. The normalized spacial score (nSPS) is 12.1. The molecular weight excluding hydrogens is 262 g/mol. The summed E-state index contributed by atoms with van der Waals surface area (Å²) >= 11 is 1.33. The number of aromatic nitrogens is 4. The standard InChI is InChI=1S/C12H15N5OS/c1-3-13-11(18)9(2)19-12-14-15-16-17(12)10-7-5-4-6-8-10/h4-9H,3H2,1-2H3,(H,13,18). The molecule has 0 aliphatic carbocycles. The maximum atomic E-state index is 11.7. The topological polar surface area (TPSA) is 72.7 Å². The van der Waals surface area contributed by atoms with Gasteiger partial charge in [-0.15, -0.1) is 5.10 Å². The summed E-state index contributed by atoms with van der Waals surface area (Å²) in [5, 5.41) is 14.7. The highest BCUT2D eigenvalue weighted by Gasteiger charge is 2.18. The van der Waals surface area contributed by atoms with E-state index in [1.165, 1.54) is 11.8 Å². The van der Waals surface area contributed by atoms with Gasteiger partial charge in [0.2, 0.25) is 11.1 Å². The predicted molar refractivity (Wildman–Crippen MR) is 73.2 cm³/mol. The van der Waals surface area contributed by atoms with Crippen LogP contribution in [0.15, 0.2) is 35.5 Å². The number of carbonyl (C=O) groups excluding carboxylic acids is 1. The summed E-state index contributed by atoms with van der Waals surface area (Å²) in [6.45, 7) is 4.34. The maximum absolute atomic E-state index is 11.7. The molecule has 1 amide bonds. The Labute approximate surface area is 115 Å². The van der Waals surface area contributed by atoms with Crippen molar-refractivity contribution in [2.75, 3.05) is 6.54 Å². The molecule has 1 heterocycles. The Morgan fingerprint density at radius 3 is 2.84 bits per heavy atom. The highest BCUT2D eigenvalue weighted by atomic mass is 32.2. The molecule has 0 radical (unpaired) electrons. The summed E-state index contributed by atoms with van der Waals surface area (Å²) in [5.41, 5.74) is 0.873. The number of amides is 1. The van der Waals surface area contributed by atoms with E-state index in [0.29, 0.717) is 11.7 Å². The molecule has 1 aromatic heterocycles. The van der Waals surface area contributed by atoms with Crippen LogP contribution >= 0.6 is 11.8 Å². The largest absolute Gasteiger partial charge is 0.355 e. The van der Waals surface area contributed by atoms with Gasteiger partial charge in [-0.25, -0.2) is 0 Å². The molecule has 0 aliphatic rings. The van der Waals surface area contributed by atoms with Gasteiger partial charge in [0.15, 0.2) is 0 Å². The fourth-order valence-electron chi connectivity index (χ4n) is 1.51. The molecule has 0 aliphatic heterocycles. The predicted octanol–water partition coefficient (Wildman–Crippen LogP) is 1.28. The van der Waals surface area contributed by atoms with Gasteiger partial charge in [0.1, 0.15) is 0 Å². The van der Waals surface area contributed by atoms with Crippen LogP contribution in [0.5, 0.6) is 0 Å². The third-order valence-corrected chi connectivity index (χ3v) is 3.48. The Kier molecular flexibility index (Phi) is 4.51. The lowest BCUT2D eigenvalue weighted by atomic mass is 10.3. The average Bonchev–Trinajstić information content (AvgIpc) is 2.88. The Balaban J connectivity index is 2.15. The first-order valence-corrected chi connectivity index (χ1v) is 6.88. The van der Waals surface area contributed by atoms with Crippen molar-refractivity contribution in [3.8, 4) is 5.69 Å². The van der Waals surface area contributed by atoms with E-state index in [0.717, 1.165) is 5.69 Å². The zero-order valence-corrected chi connectivity index (χ0v) is 11.6. The van der Waals surface area contributed by atoms with Gasteiger partial charge >= 0.3 is 0 Å². The van der Waals surface area contributed by atoms with Crippen LogP contribution in [-0.2, 0) is 4.79 Å². The zero-order valence-electron chi connectivity index (χ0n) is 10.8. The molecule has 0 saturated carbocycles. The molecule has 2 aromatic rings. The molecule has 7 heteroatoms. The van der Waals surface area contributed by atoms with Gasteiger partial charge < -0.3 is 5.32 Å². The summed E-state index contributed by atoms with van der Waals surface area (Å²) in [5.74, 6) is -0.0184. The third kappa shape index (κ3) is 3.31. The molecular formula is C12H15N5OS. The molecule has 100 valence electrons. The quantitative estimate of drug-likeness (QED) is 0.833. The highest BCUT2D eigenvalue weighted by Crippen LogP contribution is 2.22. The lowest BCUT2D eigenvalue weighted by Crippen LogP contribution is -2.30. The van der Waals surface area contributed by atoms with E-state index in [-0.39, 0.29) is 11.2 Å². The first-order valence-electron chi connectivity index (χ1n) is 6.00. The number of thioether (sulfide) groups is 1. The van der Waals surface area contributed by atoms with Gasteiger partial charge in [0.05, 0.1) is 10.9 Å². The fourth-order valence-corrected chi connectivity index (χ4v) is 2.35. The van der Waals surface area contributed by atoms with Crippen LogP contribution in [0.1, 0.15) is 13.8 Å². The van der Waals surface area contributed by atoms with E-state index >= 15 is 0 Å². The number of carbonyl (C=O) groups is 1. The van der Waals surface area contributed by atoms with Gasteiger partial charge in [-0.1, -0.05) is 30.0 Å². The first kappa shape index (κ1) is 13.5. The molecule has 0 bridgehead atoms. The Morgan fingerprint density at radius 2 is 2.16 bits per heavy atom. The monoisotopic (exact) mass is 277 g/mol. The van der Waals surface area contributed by atoms with Crippen LogP contribution in [0.25, 0.3) is 5.69 Å². The second-order valence-corrected chi connectivity index (χ2v) is 5.17. The Morgan fingerprint density at radius 1 is 1.42 bits per heavy atom. The second-order valence-electron chi connectivity index (χ2n) is 3.86. The van der Waals surface area contributed by atoms with Gasteiger partial charge in [-0.05, 0) is 36.4 Å². The maximum Gasteiger partial charge on any atom is 0.233 e. The van der Waals surface area contributed by atoms with Crippen molar-refractivity contribution in [3.05, 3.63) is 30.3 Å². The lowest BCUT2D eigenvalue weighted by Gasteiger charge is -2.10. The van der Waals surface area contributed by atoms with Crippen molar-refractivity contribution in [3.63, 3.8) is 0 Å². The van der Waals surface area contributed by atoms with Gasteiger partial charge in [0.25, 0.3) is 0 Å². The average molecular weight is 277 g/mol. The minimum Gasteiger partial charge on any atom is -0.355 e. The van der Waals surface area contributed by atoms with Crippen molar-refractivity contribution in [2.24, 2.45) is 0 Å². The summed E-state index contributed by atoms with van der Waals surface area (Å²) in [4.78, 5) is 11.7. The van der Waals surface area contributed by atoms with Crippen molar-refractivity contribution in [2.45, 2.75) is 24.3 Å². The first-order chi connectivity index (χ1) is 9.22. The SMILES string of the molecule is CCNC(=O)C(C)Sc1nnnn1-c1ccccc1. The molecule has 0 spiro atoms. The number of hydrogen-bond acceptors (Lipinski definition) is 5. The van der Waals surface area contributed by atoms with E-state index in [2.05, 4.69) is 20.8 Å².